The van der Waals surface area contributed by atoms with E-state index in [0.717, 1.165) is 25.7 Å². The molecule has 1 fully saturated rings. The lowest BCUT2D eigenvalue weighted by Crippen LogP contribution is -2.43. The molecule has 3 rings (SSSR count). The number of hydrogen-bond donors (Lipinski definition) is 0. The van der Waals surface area contributed by atoms with Crippen LogP contribution >= 0.6 is 0 Å². The summed E-state index contributed by atoms with van der Waals surface area (Å²) in [7, 11) is 0. The lowest BCUT2D eigenvalue weighted by atomic mass is 9.97. The zero-order valence-electron chi connectivity index (χ0n) is 17.2. The molecule has 1 aliphatic heterocycles. The van der Waals surface area contributed by atoms with E-state index in [1.807, 2.05) is 0 Å². The van der Waals surface area contributed by atoms with Crippen molar-refractivity contribution in [3.63, 3.8) is 0 Å². The van der Waals surface area contributed by atoms with Gasteiger partial charge in [-0.1, -0.05) is 38.0 Å². The van der Waals surface area contributed by atoms with E-state index in [0.29, 0.717) is 43.4 Å². The molecular weight excluding hydrogens is 370 g/mol. The van der Waals surface area contributed by atoms with Crippen LogP contribution in [-0.2, 0) is 16.1 Å². The summed E-state index contributed by atoms with van der Waals surface area (Å²) >= 11 is 0. The van der Waals surface area contributed by atoms with Gasteiger partial charge in [0.05, 0.1) is 17.9 Å². The molecule has 0 spiro atoms. The highest BCUT2D eigenvalue weighted by molar-refractivity contribution is 6.04. The Kier molecular flexibility index (Phi) is 7.01. The summed E-state index contributed by atoms with van der Waals surface area (Å²) in [4.78, 5) is 39.9. The van der Waals surface area contributed by atoms with Crippen LogP contribution in [0.15, 0.2) is 29.1 Å². The molecule has 156 valence electrons. The third kappa shape index (κ3) is 4.66. The van der Waals surface area contributed by atoms with Gasteiger partial charge in [-0.05, 0) is 32.3 Å². The highest BCUT2D eigenvalue weighted by Gasteiger charge is 2.31. The number of piperidine rings is 1. The van der Waals surface area contributed by atoms with E-state index in [9.17, 15) is 14.4 Å². The molecule has 0 aliphatic carbocycles. The maximum atomic E-state index is 13.3. The SMILES string of the molecule is CCCCCn1nc(C(=O)N2CCCC(C(=O)OCC)C2)c2ccccc2c1=O. The van der Waals surface area contributed by atoms with E-state index < -0.39 is 0 Å². The van der Waals surface area contributed by atoms with Crippen LogP contribution in [-0.4, -0.2) is 46.3 Å². The molecule has 0 saturated carbocycles. The van der Waals surface area contributed by atoms with E-state index in [-0.39, 0.29) is 29.0 Å². The van der Waals surface area contributed by atoms with Gasteiger partial charge in [0, 0.05) is 25.0 Å². The van der Waals surface area contributed by atoms with Crippen molar-refractivity contribution in [1.29, 1.82) is 0 Å². The molecule has 1 aromatic carbocycles. The van der Waals surface area contributed by atoms with Crippen LogP contribution in [0, 0.1) is 5.92 Å². The summed E-state index contributed by atoms with van der Waals surface area (Å²) in [6.07, 6.45) is 4.33. The van der Waals surface area contributed by atoms with Crippen molar-refractivity contribution >= 4 is 22.6 Å². The standard InChI is InChI=1S/C22H29N3O4/c1-3-5-8-14-25-20(26)18-12-7-6-11-17(18)19(23-25)21(27)24-13-9-10-16(15-24)22(28)29-4-2/h6-7,11-12,16H,3-5,8-10,13-15H2,1-2H3. The molecule has 7 nitrogen and oxygen atoms in total. The Hall–Kier alpha value is -2.70. The first-order valence-electron chi connectivity index (χ1n) is 10.5. The summed E-state index contributed by atoms with van der Waals surface area (Å²) in [5.41, 5.74) is 0.109. The Bertz CT molecular complexity index is 937. The smallest absolute Gasteiger partial charge is 0.310 e. The van der Waals surface area contributed by atoms with Crippen LogP contribution in [0.25, 0.3) is 10.8 Å². The number of aromatic nitrogens is 2. The van der Waals surface area contributed by atoms with Gasteiger partial charge >= 0.3 is 5.97 Å². The Morgan fingerprint density at radius 1 is 1.17 bits per heavy atom. The molecule has 1 unspecified atom stereocenters. The number of esters is 1. The van der Waals surface area contributed by atoms with Gasteiger partial charge in [-0.15, -0.1) is 0 Å². The second-order valence-electron chi connectivity index (χ2n) is 7.47. The van der Waals surface area contributed by atoms with E-state index >= 15 is 0 Å². The predicted octanol–water partition coefficient (Wildman–Crippen LogP) is 3.00. The average Bonchev–Trinajstić information content (AvgIpc) is 2.75. The first kappa shape index (κ1) is 21.0. The van der Waals surface area contributed by atoms with Gasteiger partial charge < -0.3 is 9.64 Å². The van der Waals surface area contributed by atoms with Crippen LogP contribution in [0.3, 0.4) is 0 Å². The van der Waals surface area contributed by atoms with Gasteiger partial charge in [-0.3, -0.25) is 14.4 Å². The molecule has 0 N–H and O–H groups in total. The quantitative estimate of drug-likeness (QED) is 0.528. The minimum Gasteiger partial charge on any atom is -0.466 e. The Morgan fingerprint density at radius 2 is 1.93 bits per heavy atom. The number of benzene rings is 1. The van der Waals surface area contributed by atoms with Gasteiger partial charge in [-0.2, -0.15) is 5.10 Å². The Morgan fingerprint density at radius 3 is 2.66 bits per heavy atom. The third-order valence-electron chi connectivity index (χ3n) is 5.37. The lowest BCUT2D eigenvalue weighted by molar-refractivity contribution is -0.149. The molecule has 2 heterocycles. The maximum Gasteiger partial charge on any atom is 0.310 e. The van der Waals surface area contributed by atoms with Crippen molar-refractivity contribution < 1.29 is 14.3 Å². The summed E-state index contributed by atoms with van der Waals surface area (Å²) < 4.78 is 6.55. The van der Waals surface area contributed by atoms with Crippen molar-refractivity contribution in [1.82, 2.24) is 14.7 Å². The number of carbonyl (C=O) groups is 2. The number of rotatable bonds is 7. The number of aryl methyl sites for hydroxylation is 1. The van der Waals surface area contributed by atoms with Gasteiger partial charge in [0.1, 0.15) is 0 Å². The number of amides is 1. The molecule has 1 amide bonds. The number of likely N-dealkylation sites (tertiary alicyclic amines) is 1. The van der Waals surface area contributed by atoms with E-state index in [4.69, 9.17) is 4.74 Å². The number of carbonyl (C=O) groups excluding carboxylic acids is 2. The normalized spacial score (nSPS) is 16.8. The monoisotopic (exact) mass is 399 g/mol. The number of unbranched alkanes of at least 4 members (excludes halogenated alkanes) is 2. The Balaban J connectivity index is 1.93. The second kappa shape index (κ2) is 9.67. The minimum atomic E-state index is -0.311. The van der Waals surface area contributed by atoms with Gasteiger partial charge in [0.2, 0.25) is 0 Å². The summed E-state index contributed by atoms with van der Waals surface area (Å²) in [6.45, 7) is 5.59. The molecule has 0 radical (unpaired) electrons. The molecule has 1 atom stereocenters. The molecule has 29 heavy (non-hydrogen) atoms. The third-order valence-corrected chi connectivity index (χ3v) is 5.37. The minimum absolute atomic E-state index is 0.170. The first-order valence-corrected chi connectivity index (χ1v) is 10.5. The second-order valence-corrected chi connectivity index (χ2v) is 7.47. The zero-order chi connectivity index (χ0) is 20.8. The molecule has 1 aliphatic rings. The topological polar surface area (TPSA) is 81.5 Å². The van der Waals surface area contributed by atoms with Gasteiger partial charge in [0.25, 0.3) is 11.5 Å². The summed E-state index contributed by atoms with van der Waals surface area (Å²) in [5.74, 6) is -0.804. The summed E-state index contributed by atoms with van der Waals surface area (Å²) in [6, 6.07) is 7.11. The predicted molar refractivity (Wildman–Crippen MR) is 111 cm³/mol. The van der Waals surface area contributed by atoms with E-state index in [1.54, 1.807) is 36.1 Å². The van der Waals surface area contributed by atoms with Crippen molar-refractivity contribution in [3.05, 3.63) is 40.3 Å². The fourth-order valence-electron chi connectivity index (χ4n) is 3.82. The van der Waals surface area contributed by atoms with Crippen molar-refractivity contribution in [3.8, 4) is 0 Å². The molecule has 7 heteroatoms. The largest absolute Gasteiger partial charge is 0.466 e. The van der Waals surface area contributed by atoms with Crippen LogP contribution in [0.4, 0.5) is 0 Å². The molecule has 0 bridgehead atoms. The molecule has 1 saturated heterocycles. The van der Waals surface area contributed by atoms with Crippen molar-refractivity contribution in [2.75, 3.05) is 19.7 Å². The van der Waals surface area contributed by atoms with Gasteiger partial charge in [0.15, 0.2) is 5.69 Å². The number of nitrogens with zero attached hydrogens (tertiary/aromatic N) is 3. The zero-order valence-corrected chi connectivity index (χ0v) is 17.2. The van der Waals surface area contributed by atoms with Crippen LogP contribution in [0.2, 0.25) is 0 Å². The van der Waals surface area contributed by atoms with Gasteiger partial charge in [-0.25, -0.2) is 4.68 Å². The van der Waals surface area contributed by atoms with Crippen LogP contribution < -0.4 is 5.56 Å². The molecular formula is C22H29N3O4. The number of fused-ring (bicyclic) bond motifs is 1. The molecule has 2 aromatic rings. The fraction of sp³-hybridized carbons (Fsp3) is 0.545. The number of hydrogen-bond acceptors (Lipinski definition) is 5. The highest BCUT2D eigenvalue weighted by atomic mass is 16.5. The van der Waals surface area contributed by atoms with E-state index in [1.165, 1.54) is 4.68 Å². The number of ether oxygens (including phenoxy) is 1. The highest BCUT2D eigenvalue weighted by Crippen LogP contribution is 2.22. The first-order chi connectivity index (χ1) is 14.1. The fourth-order valence-corrected chi connectivity index (χ4v) is 3.82. The summed E-state index contributed by atoms with van der Waals surface area (Å²) in [5, 5.41) is 5.51. The van der Waals surface area contributed by atoms with Crippen molar-refractivity contribution in [2.24, 2.45) is 5.92 Å². The van der Waals surface area contributed by atoms with E-state index in [2.05, 4.69) is 12.0 Å². The van der Waals surface area contributed by atoms with Crippen molar-refractivity contribution in [2.45, 2.75) is 52.5 Å². The average molecular weight is 399 g/mol. The van der Waals surface area contributed by atoms with Crippen LogP contribution in [0.5, 0.6) is 0 Å². The molecule has 1 aromatic heterocycles. The Labute approximate surface area is 170 Å². The maximum absolute atomic E-state index is 13.3. The van der Waals surface area contributed by atoms with Crippen LogP contribution in [0.1, 0.15) is 56.4 Å². The lowest BCUT2D eigenvalue weighted by Gasteiger charge is -2.31.